The molecule has 0 aromatic rings. The summed E-state index contributed by atoms with van der Waals surface area (Å²) in [5.41, 5.74) is 0. The summed E-state index contributed by atoms with van der Waals surface area (Å²) in [6.45, 7) is 18.3. The standard InChI is InChI=1S/C18H38N2O/c1-7-20(8-2)11-9-10-19-16-12-17(14(3)4)21-18(13-16)15(5)6/h14-19H,7-13H2,1-6H3. The van der Waals surface area contributed by atoms with Gasteiger partial charge in [0.25, 0.3) is 0 Å². The zero-order valence-electron chi connectivity index (χ0n) is 15.2. The minimum absolute atomic E-state index is 0.423. The van der Waals surface area contributed by atoms with E-state index in [1.54, 1.807) is 0 Å². The van der Waals surface area contributed by atoms with Crippen molar-refractivity contribution in [3.63, 3.8) is 0 Å². The Labute approximate surface area is 132 Å². The Kier molecular flexibility index (Phi) is 8.84. The largest absolute Gasteiger partial charge is 0.374 e. The van der Waals surface area contributed by atoms with Crippen LogP contribution in [0.1, 0.15) is 60.8 Å². The molecule has 0 radical (unpaired) electrons. The van der Waals surface area contributed by atoms with Crippen molar-refractivity contribution in [2.75, 3.05) is 26.2 Å². The topological polar surface area (TPSA) is 24.5 Å². The van der Waals surface area contributed by atoms with Crippen LogP contribution >= 0.6 is 0 Å². The van der Waals surface area contributed by atoms with Gasteiger partial charge in [-0.05, 0) is 57.3 Å². The summed E-state index contributed by atoms with van der Waals surface area (Å²) >= 11 is 0. The number of hydrogen-bond acceptors (Lipinski definition) is 3. The number of hydrogen-bond donors (Lipinski definition) is 1. The first-order chi connectivity index (χ1) is 9.97. The highest BCUT2D eigenvalue weighted by Crippen LogP contribution is 2.28. The summed E-state index contributed by atoms with van der Waals surface area (Å²) in [4.78, 5) is 2.50. The summed E-state index contributed by atoms with van der Waals surface area (Å²) in [5.74, 6) is 1.23. The van der Waals surface area contributed by atoms with Crippen molar-refractivity contribution in [3.8, 4) is 0 Å². The fraction of sp³-hybridized carbons (Fsp3) is 1.00. The molecule has 1 saturated heterocycles. The normalized spacial score (nSPS) is 27.0. The highest BCUT2D eigenvalue weighted by Gasteiger charge is 2.32. The minimum Gasteiger partial charge on any atom is -0.374 e. The van der Waals surface area contributed by atoms with Crippen molar-refractivity contribution in [3.05, 3.63) is 0 Å². The van der Waals surface area contributed by atoms with Gasteiger partial charge in [0.05, 0.1) is 12.2 Å². The van der Waals surface area contributed by atoms with Gasteiger partial charge in [-0.1, -0.05) is 41.5 Å². The van der Waals surface area contributed by atoms with Gasteiger partial charge in [0, 0.05) is 6.04 Å². The van der Waals surface area contributed by atoms with Crippen LogP contribution in [0.3, 0.4) is 0 Å². The Morgan fingerprint density at radius 2 is 1.52 bits per heavy atom. The lowest BCUT2D eigenvalue weighted by molar-refractivity contribution is -0.0993. The second-order valence-corrected chi connectivity index (χ2v) is 7.20. The molecule has 0 aromatic heterocycles. The molecule has 3 heteroatoms. The lowest BCUT2D eigenvalue weighted by atomic mass is 9.88. The molecule has 3 nitrogen and oxygen atoms in total. The van der Waals surface area contributed by atoms with Crippen LogP contribution < -0.4 is 5.32 Å². The van der Waals surface area contributed by atoms with Gasteiger partial charge < -0.3 is 15.0 Å². The molecule has 126 valence electrons. The molecule has 1 rings (SSSR count). The molecule has 0 spiro atoms. The average molecular weight is 299 g/mol. The maximum Gasteiger partial charge on any atom is 0.0616 e. The number of nitrogens with one attached hydrogen (secondary N) is 1. The molecular formula is C18H38N2O. The third kappa shape index (κ3) is 6.66. The highest BCUT2D eigenvalue weighted by molar-refractivity contribution is 4.84. The molecular weight excluding hydrogens is 260 g/mol. The molecule has 0 bridgehead atoms. The first-order valence-corrected chi connectivity index (χ1v) is 9.09. The van der Waals surface area contributed by atoms with Gasteiger partial charge in [-0.3, -0.25) is 0 Å². The first-order valence-electron chi connectivity index (χ1n) is 9.09. The van der Waals surface area contributed by atoms with Gasteiger partial charge in [0.1, 0.15) is 0 Å². The Hall–Kier alpha value is -0.120. The van der Waals surface area contributed by atoms with Crippen LogP contribution in [-0.4, -0.2) is 49.3 Å². The molecule has 0 saturated carbocycles. The van der Waals surface area contributed by atoms with E-state index in [2.05, 4.69) is 51.8 Å². The summed E-state index contributed by atoms with van der Waals surface area (Å²) in [5, 5.41) is 3.79. The van der Waals surface area contributed by atoms with E-state index in [4.69, 9.17) is 4.74 Å². The molecule has 2 atom stereocenters. The molecule has 0 aliphatic carbocycles. The molecule has 1 aliphatic heterocycles. The molecule has 1 fully saturated rings. The summed E-state index contributed by atoms with van der Waals surface area (Å²) in [6.07, 6.45) is 4.44. The fourth-order valence-corrected chi connectivity index (χ4v) is 3.17. The number of ether oxygens (including phenoxy) is 1. The van der Waals surface area contributed by atoms with Crippen LogP contribution in [0.5, 0.6) is 0 Å². The third-order valence-corrected chi connectivity index (χ3v) is 4.85. The van der Waals surface area contributed by atoms with Gasteiger partial charge >= 0.3 is 0 Å². The first kappa shape index (κ1) is 18.9. The van der Waals surface area contributed by atoms with Gasteiger partial charge in [0.15, 0.2) is 0 Å². The molecule has 0 amide bonds. The van der Waals surface area contributed by atoms with Gasteiger partial charge in [-0.15, -0.1) is 0 Å². The van der Waals surface area contributed by atoms with E-state index in [1.807, 2.05) is 0 Å². The highest BCUT2D eigenvalue weighted by atomic mass is 16.5. The van der Waals surface area contributed by atoms with Crippen molar-refractivity contribution < 1.29 is 4.74 Å². The second-order valence-electron chi connectivity index (χ2n) is 7.20. The smallest absolute Gasteiger partial charge is 0.0616 e. The molecule has 1 heterocycles. The van der Waals surface area contributed by atoms with E-state index < -0.39 is 0 Å². The SMILES string of the molecule is CCN(CC)CCCNC1CC(C(C)C)OC(C(C)C)C1. The van der Waals surface area contributed by atoms with Crippen LogP contribution in [0.4, 0.5) is 0 Å². The van der Waals surface area contributed by atoms with Crippen molar-refractivity contribution >= 4 is 0 Å². The molecule has 1 N–H and O–H groups in total. The molecule has 1 aliphatic rings. The van der Waals surface area contributed by atoms with Crippen LogP contribution in [0.15, 0.2) is 0 Å². The monoisotopic (exact) mass is 298 g/mol. The van der Waals surface area contributed by atoms with Crippen LogP contribution in [-0.2, 0) is 4.74 Å². The van der Waals surface area contributed by atoms with Crippen LogP contribution in [0.2, 0.25) is 0 Å². The quantitative estimate of drug-likeness (QED) is 0.659. The van der Waals surface area contributed by atoms with Crippen LogP contribution in [0.25, 0.3) is 0 Å². The van der Waals surface area contributed by atoms with Gasteiger partial charge in [-0.25, -0.2) is 0 Å². The summed E-state index contributed by atoms with van der Waals surface area (Å²) < 4.78 is 6.27. The van der Waals surface area contributed by atoms with Gasteiger partial charge in [-0.2, -0.15) is 0 Å². The number of rotatable bonds is 9. The van der Waals surface area contributed by atoms with Gasteiger partial charge in [0.2, 0.25) is 0 Å². The summed E-state index contributed by atoms with van der Waals surface area (Å²) in [6, 6.07) is 0.634. The zero-order valence-corrected chi connectivity index (χ0v) is 15.2. The van der Waals surface area contributed by atoms with E-state index >= 15 is 0 Å². The summed E-state index contributed by atoms with van der Waals surface area (Å²) in [7, 11) is 0. The van der Waals surface area contributed by atoms with Crippen molar-refractivity contribution in [2.24, 2.45) is 11.8 Å². The van der Waals surface area contributed by atoms with E-state index in [0.717, 1.165) is 6.54 Å². The maximum atomic E-state index is 6.27. The molecule has 21 heavy (non-hydrogen) atoms. The lowest BCUT2D eigenvalue weighted by Gasteiger charge is -2.39. The van der Waals surface area contributed by atoms with E-state index in [0.29, 0.717) is 30.1 Å². The molecule has 0 aromatic carbocycles. The predicted molar refractivity (Wildman–Crippen MR) is 91.8 cm³/mol. The average Bonchev–Trinajstić information content (AvgIpc) is 2.47. The second kappa shape index (κ2) is 9.81. The Bertz CT molecular complexity index is 248. The molecule has 2 unspecified atom stereocenters. The van der Waals surface area contributed by atoms with E-state index in [1.165, 1.54) is 38.9 Å². The van der Waals surface area contributed by atoms with Crippen LogP contribution in [0, 0.1) is 11.8 Å². The number of nitrogens with zero attached hydrogens (tertiary/aromatic N) is 1. The Balaban J connectivity index is 2.35. The fourth-order valence-electron chi connectivity index (χ4n) is 3.17. The Morgan fingerprint density at radius 3 is 1.95 bits per heavy atom. The maximum absolute atomic E-state index is 6.27. The predicted octanol–water partition coefficient (Wildman–Crippen LogP) is 3.54. The lowest BCUT2D eigenvalue weighted by Crippen LogP contribution is -2.46. The van der Waals surface area contributed by atoms with Crippen molar-refractivity contribution in [1.29, 1.82) is 0 Å². The third-order valence-electron chi connectivity index (χ3n) is 4.85. The van der Waals surface area contributed by atoms with E-state index in [9.17, 15) is 0 Å². The van der Waals surface area contributed by atoms with E-state index in [-0.39, 0.29) is 0 Å². The minimum atomic E-state index is 0.423. The Morgan fingerprint density at radius 1 is 1.00 bits per heavy atom. The van der Waals surface area contributed by atoms with Crippen molar-refractivity contribution in [2.45, 2.75) is 79.1 Å². The zero-order chi connectivity index (χ0) is 15.8. The van der Waals surface area contributed by atoms with Crippen molar-refractivity contribution in [1.82, 2.24) is 10.2 Å².